The van der Waals surface area contributed by atoms with Gasteiger partial charge in [-0.1, -0.05) is 0 Å². The number of carbonyl (C=O) groups excluding carboxylic acids is 1. The lowest BCUT2D eigenvalue weighted by Gasteiger charge is -2.22. The van der Waals surface area contributed by atoms with Gasteiger partial charge in [0.25, 0.3) is 0 Å². The number of ether oxygens (including phenoxy) is 1. The zero-order valence-electron chi connectivity index (χ0n) is 12.1. The first-order chi connectivity index (χ1) is 9.99. The lowest BCUT2D eigenvalue weighted by Crippen LogP contribution is -2.41. The van der Waals surface area contributed by atoms with Crippen LogP contribution in [-0.4, -0.2) is 62.5 Å². The highest BCUT2D eigenvalue weighted by atomic mass is 16.5. The number of likely N-dealkylation sites (tertiary alicyclic amines) is 1. The van der Waals surface area contributed by atoms with Crippen molar-refractivity contribution in [3.05, 3.63) is 12.4 Å². The normalized spacial score (nSPS) is 21.7. The second-order valence-corrected chi connectivity index (χ2v) is 5.22. The van der Waals surface area contributed by atoms with Gasteiger partial charge in [-0.2, -0.15) is 4.98 Å². The van der Waals surface area contributed by atoms with E-state index in [0.29, 0.717) is 12.3 Å². The van der Waals surface area contributed by atoms with Crippen molar-refractivity contribution in [3.8, 4) is 5.88 Å². The Labute approximate surface area is 122 Å². The molecular formula is C13H20N4O4. The van der Waals surface area contributed by atoms with Gasteiger partial charge in [0.2, 0.25) is 5.88 Å². The lowest BCUT2D eigenvalue weighted by atomic mass is 10.2. The topological polar surface area (TPSA) is 108 Å². The molecule has 1 fully saturated rings. The average molecular weight is 296 g/mol. The molecule has 2 amide bonds. The van der Waals surface area contributed by atoms with E-state index < -0.39 is 12.1 Å². The van der Waals surface area contributed by atoms with E-state index in [1.807, 2.05) is 13.8 Å². The predicted molar refractivity (Wildman–Crippen MR) is 75.0 cm³/mol. The molecule has 1 aliphatic heterocycles. The Kier molecular flexibility index (Phi) is 4.92. The van der Waals surface area contributed by atoms with Gasteiger partial charge >= 0.3 is 6.03 Å². The number of amides is 2. The summed E-state index contributed by atoms with van der Waals surface area (Å²) in [5.41, 5.74) is 0. The second kappa shape index (κ2) is 6.68. The van der Waals surface area contributed by atoms with Crippen molar-refractivity contribution in [2.24, 2.45) is 0 Å². The van der Waals surface area contributed by atoms with Crippen LogP contribution in [0.25, 0.3) is 0 Å². The Balaban J connectivity index is 2.02. The molecule has 0 unspecified atom stereocenters. The summed E-state index contributed by atoms with van der Waals surface area (Å²) in [7, 11) is 0. The van der Waals surface area contributed by atoms with Crippen LogP contribution in [0, 0.1) is 0 Å². The summed E-state index contributed by atoms with van der Waals surface area (Å²) in [5.74, 6) is 0.583. The summed E-state index contributed by atoms with van der Waals surface area (Å²) in [6, 6.07) is -0.815. The van der Waals surface area contributed by atoms with Crippen LogP contribution in [0.2, 0.25) is 0 Å². The summed E-state index contributed by atoms with van der Waals surface area (Å²) in [6.07, 6.45) is 2.58. The van der Waals surface area contributed by atoms with Crippen LogP contribution in [0.15, 0.2) is 12.4 Å². The number of hydrogen-bond donors (Lipinski definition) is 3. The molecule has 2 heterocycles. The number of carbonyl (C=O) groups is 1. The number of nitrogens with zero attached hydrogens (tertiary/aromatic N) is 3. The van der Waals surface area contributed by atoms with E-state index in [9.17, 15) is 15.0 Å². The first kappa shape index (κ1) is 15.5. The monoisotopic (exact) mass is 296 g/mol. The highest BCUT2D eigenvalue weighted by molar-refractivity contribution is 5.88. The number of rotatable bonds is 4. The van der Waals surface area contributed by atoms with E-state index in [4.69, 9.17) is 4.74 Å². The first-order valence-electron chi connectivity index (χ1n) is 6.85. The van der Waals surface area contributed by atoms with Gasteiger partial charge in [-0.15, -0.1) is 0 Å². The molecule has 1 aromatic rings. The second-order valence-electron chi connectivity index (χ2n) is 5.22. The molecule has 0 bridgehead atoms. The van der Waals surface area contributed by atoms with Gasteiger partial charge in [0, 0.05) is 6.54 Å². The Morgan fingerprint density at radius 1 is 1.57 bits per heavy atom. The number of urea groups is 1. The van der Waals surface area contributed by atoms with Gasteiger partial charge in [0.05, 0.1) is 37.3 Å². The molecule has 21 heavy (non-hydrogen) atoms. The Morgan fingerprint density at radius 3 is 3.00 bits per heavy atom. The highest BCUT2D eigenvalue weighted by Gasteiger charge is 2.34. The average Bonchev–Trinajstić information content (AvgIpc) is 2.79. The maximum atomic E-state index is 12.1. The molecule has 1 aromatic heterocycles. The fourth-order valence-electron chi connectivity index (χ4n) is 2.20. The third-order valence-electron chi connectivity index (χ3n) is 3.07. The molecule has 0 radical (unpaired) electrons. The van der Waals surface area contributed by atoms with Gasteiger partial charge in [-0.3, -0.25) is 10.3 Å². The molecule has 0 saturated carbocycles. The minimum absolute atomic E-state index is 0.0437. The van der Waals surface area contributed by atoms with Crippen LogP contribution in [0.1, 0.15) is 20.3 Å². The molecule has 0 aliphatic carbocycles. The van der Waals surface area contributed by atoms with E-state index in [-0.39, 0.29) is 31.1 Å². The number of anilines is 1. The predicted octanol–water partition coefficient (Wildman–Crippen LogP) is 0.223. The van der Waals surface area contributed by atoms with E-state index >= 15 is 0 Å². The van der Waals surface area contributed by atoms with Gasteiger partial charge in [-0.25, -0.2) is 4.79 Å². The molecule has 3 N–H and O–H groups in total. The lowest BCUT2D eigenvalue weighted by molar-refractivity contribution is 0.164. The minimum Gasteiger partial charge on any atom is -0.474 e. The van der Waals surface area contributed by atoms with E-state index in [0.717, 1.165) is 0 Å². The molecule has 0 aromatic carbocycles. The van der Waals surface area contributed by atoms with Crippen molar-refractivity contribution >= 4 is 11.8 Å². The number of aliphatic hydroxyl groups excluding tert-OH is 2. The van der Waals surface area contributed by atoms with E-state index in [1.165, 1.54) is 17.3 Å². The fourth-order valence-corrected chi connectivity index (χ4v) is 2.20. The summed E-state index contributed by atoms with van der Waals surface area (Å²) >= 11 is 0. The molecule has 1 saturated heterocycles. The van der Waals surface area contributed by atoms with Crippen molar-refractivity contribution in [3.63, 3.8) is 0 Å². The van der Waals surface area contributed by atoms with Gasteiger partial charge in [0.15, 0.2) is 5.82 Å². The number of hydrogen-bond acceptors (Lipinski definition) is 6. The Bertz CT molecular complexity index is 497. The molecular weight excluding hydrogens is 276 g/mol. The largest absolute Gasteiger partial charge is 0.474 e. The summed E-state index contributed by atoms with van der Waals surface area (Å²) in [5, 5.41) is 21.4. The molecule has 1 aliphatic rings. The van der Waals surface area contributed by atoms with Gasteiger partial charge in [0.1, 0.15) is 0 Å². The number of aliphatic hydroxyl groups is 2. The molecule has 8 nitrogen and oxygen atoms in total. The molecule has 116 valence electrons. The van der Waals surface area contributed by atoms with Crippen molar-refractivity contribution < 1.29 is 19.7 Å². The number of β-amino-alcohol motifs (C(OH)–C–C–N with tert-alkyl or cyclic N) is 1. The zero-order chi connectivity index (χ0) is 15.4. The third kappa shape index (κ3) is 4.02. The van der Waals surface area contributed by atoms with Crippen LogP contribution >= 0.6 is 0 Å². The number of aromatic nitrogens is 2. The number of nitrogens with one attached hydrogen (secondary N) is 1. The quantitative estimate of drug-likeness (QED) is 0.733. The van der Waals surface area contributed by atoms with Crippen LogP contribution in [0.5, 0.6) is 5.88 Å². The van der Waals surface area contributed by atoms with Crippen LogP contribution in [-0.2, 0) is 0 Å². The molecule has 2 rings (SSSR count). The third-order valence-corrected chi connectivity index (χ3v) is 3.07. The van der Waals surface area contributed by atoms with Crippen molar-refractivity contribution in [2.45, 2.75) is 38.5 Å². The van der Waals surface area contributed by atoms with E-state index in [2.05, 4.69) is 15.3 Å². The summed E-state index contributed by atoms with van der Waals surface area (Å²) in [6.45, 7) is 3.73. The first-order valence-corrected chi connectivity index (χ1v) is 6.85. The van der Waals surface area contributed by atoms with Crippen LogP contribution in [0.3, 0.4) is 0 Å². The Hall–Kier alpha value is -1.93. The maximum Gasteiger partial charge on any atom is 0.323 e. The Morgan fingerprint density at radius 2 is 2.33 bits per heavy atom. The van der Waals surface area contributed by atoms with Gasteiger partial charge in [-0.05, 0) is 20.3 Å². The fraction of sp³-hybridized carbons (Fsp3) is 0.615. The SMILES string of the molecule is CC(C)Oc1cncc(NC(=O)N2C[C@H](O)C[C@H]2CO)n1. The van der Waals surface area contributed by atoms with E-state index in [1.54, 1.807) is 0 Å². The standard InChI is InChI=1S/C13H20N4O4/c1-8(2)21-12-5-14-4-11(15-12)16-13(20)17-6-10(19)3-9(17)7-18/h4-5,8-10,18-19H,3,6-7H2,1-2H3,(H,15,16,20)/t9-,10+/m0/s1. The smallest absolute Gasteiger partial charge is 0.323 e. The van der Waals surface area contributed by atoms with Crippen molar-refractivity contribution in [1.82, 2.24) is 14.9 Å². The molecule has 0 spiro atoms. The molecule has 8 heteroatoms. The van der Waals surface area contributed by atoms with Gasteiger partial charge < -0.3 is 19.8 Å². The van der Waals surface area contributed by atoms with Crippen LogP contribution in [0.4, 0.5) is 10.6 Å². The van der Waals surface area contributed by atoms with Crippen LogP contribution < -0.4 is 10.1 Å². The maximum absolute atomic E-state index is 12.1. The van der Waals surface area contributed by atoms with Crippen molar-refractivity contribution in [1.29, 1.82) is 0 Å². The molecule has 2 atom stereocenters. The summed E-state index contributed by atoms with van der Waals surface area (Å²) < 4.78 is 5.40. The van der Waals surface area contributed by atoms with Crippen molar-refractivity contribution in [2.75, 3.05) is 18.5 Å². The highest BCUT2D eigenvalue weighted by Crippen LogP contribution is 2.19. The minimum atomic E-state index is -0.616. The summed E-state index contributed by atoms with van der Waals surface area (Å²) in [4.78, 5) is 21.6. The zero-order valence-corrected chi connectivity index (χ0v) is 12.1.